The Hall–Kier alpha value is -1.49. The highest BCUT2D eigenvalue weighted by atomic mass is 16.4. The highest BCUT2D eigenvalue weighted by Crippen LogP contribution is 2.06. The maximum atomic E-state index is 10.5. The van der Waals surface area contributed by atoms with E-state index in [0.717, 1.165) is 11.4 Å². The first-order valence-electron chi connectivity index (χ1n) is 3.81. The summed E-state index contributed by atoms with van der Waals surface area (Å²) in [6.07, 6.45) is 0. The number of aromatic nitrogens is 2. The van der Waals surface area contributed by atoms with Gasteiger partial charge in [0.1, 0.15) is 0 Å². The first-order valence-corrected chi connectivity index (χ1v) is 3.81. The summed E-state index contributed by atoms with van der Waals surface area (Å²) < 4.78 is 0. The molecule has 3 N–H and O–H groups in total. The summed E-state index contributed by atoms with van der Waals surface area (Å²) in [6, 6.07) is 0.622. The van der Waals surface area contributed by atoms with Gasteiger partial charge in [-0.05, 0) is 19.9 Å². The lowest BCUT2D eigenvalue weighted by molar-refractivity contribution is -0.138. The molecule has 0 aromatic carbocycles. The number of nitrogens with zero attached hydrogens (tertiary/aromatic N) is 2. The van der Waals surface area contributed by atoms with Crippen LogP contribution < -0.4 is 5.73 Å². The number of carboxylic acid groups (broad SMARTS) is 1. The van der Waals surface area contributed by atoms with Gasteiger partial charge in [0.25, 0.3) is 0 Å². The van der Waals surface area contributed by atoms with Crippen LogP contribution in [0.5, 0.6) is 0 Å². The predicted octanol–water partition coefficient (Wildman–Crippen LogP) is 0.178. The van der Waals surface area contributed by atoms with Gasteiger partial charge in [-0.25, -0.2) is 9.97 Å². The van der Waals surface area contributed by atoms with Crippen LogP contribution in [0.2, 0.25) is 0 Å². The molecule has 5 heteroatoms. The van der Waals surface area contributed by atoms with Gasteiger partial charge in [0.05, 0.1) is 0 Å². The third-order valence-electron chi connectivity index (χ3n) is 1.54. The Morgan fingerprint density at radius 3 is 2.31 bits per heavy atom. The van der Waals surface area contributed by atoms with Gasteiger partial charge in [-0.1, -0.05) is 0 Å². The van der Waals surface area contributed by atoms with Crippen LogP contribution in [-0.4, -0.2) is 21.0 Å². The molecule has 70 valence electrons. The fourth-order valence-electron chi connectivity index (χ4n) is 1.00. The summed E-state index contributed by atoms with van der Waals surface area (Å²) in [5, 5.41) is 8.61. The molecule has 0 spiro atoms. The van der Waals surface area contributed by atoms with E-state index in [-0.39, 0.29) is 5.82 Å². The maximum absolute atomic E-state index is 10.5. The van der Waals surface area contributed by atoms with Crippen molar-refractivity contribution in [1.82, 2.24) is 9.97 Å². The largest absolute Gasteiger partial charge is 0.480 e. The quantitative estimate of drug-likeness (QED) is 0.679. The molecule has 1 unspecified atom stereocenters. The molecule has 0 aliphatic rings. The molecular weight excluding hydrogens is 170 g/mol. The minimum absolute atomic E-state index is 0.157. The van der Waals surface area contributed by atoms with Crippen molar-refractivity contribution in [2.24, 2.45) is 5.73 Å². The lowest BCUT2D eigenvalue weighted by atomic mass is 10.2. The molecule has 0 bridgehead atoms. The topological polar surface area (TPSA) is 89.1 Å². The van der Waals surface area contributed by atoms with Crippen LogP contribution in [0.3, 0.4) is 0 Å². The monoisotopic (exact) mass is 181 g/mol. The molecule has 1 rings (SSSR count). The zero-order chi connectivity index (χ0) is 10.0. The summed E-state index contributed by atoms with van der Waals surface area (Å²) in [6.45, 7) is 3.54. The van der Waals surface area contributed by atoms with E-state index < -0.39 is 12.0 Å². The molecule has 13 heavy (non-hydrogen) atoms. The second-order valence-electron chi connectivity index (χ2n) is 2.82. The van der Waals surface area contributed by atoms with Crippen LogP contribution in [-0.2, 0) is 4.79 Å². The highest BCUT2D eigenvalue weighted by molar-refractivity contribution is 5.73. The summed E-state index contributed by atoms with van der Waals surface area (Å²) >= 11 is 0. The van der Waals surface area contributed by atoms with E-state index in [9.17, 15) is 4.79 Å². The molecule has 0 fully saturated rings. The average molecular weight is 181 g/mol. The number of aryl methyl sites for hydroxylation is 2. The van der Waals surface area contributed by atoms with Gasteiger partial charge < -0.3 is 10.8 Å². The van der Waals surface area contributed by atoms with Crippen LogP contribution in [0, 0.1) is 13.8 Å². The van der Waals surface area contributed by atoms with Crippen LogP contribution in [0.25, 0.3) is 0 Å². The predicted molar refractivity (Wildman–Crippen MR) is 46.1 cm³/mol. The Labute approximate surface area is 75.6 Å². The Kier molecular flexibility index (Phi) is 2.57. The van der Waals surface area contributed by atoms with E-state index in [1.54, 1.807) is 19.9 Å². The molecule has 1 aromatic heterocycles. The first-order chi connectivity index (χ1) is 6.00. The fourth-order valence-corrected chi connectivity index (χ4v) is 1.00. The minimum Gasteiger partial charge on any atom is -0.480 e. The van der Waals surface area contributed by atoms with Crippen LogP contribution >= 0.6 is 0 Å². The third kappa shape index (κ3) is 2.22. The number of hydrogen-bond donors (Lipinski definition) is 2. The Morgan fingerprint density at radius 1 is 1.46 bits per heavy atom. The maximum Gasteiger partial charge on any atom is 0.328 e. The smallest absolute Gasteiger partial charge is 0.328 e. The van der Waals surface area contributed by atoms with E-state index in [4.69, 9.17) is 10.8 Å². The van der Waals surface area contributed by atoms with Crippen molar-refractivity contribution in [1.29, 1.82) is 0 Å². The number of hydrogen-bond acceptors (Lipinski definition) is 4. The average Bonchev–Trinajstić information content (AvgIpc) is 2.01. The Bertz CT molecular complexity index is 318. The van der Waals surface area contributed by atoms with Gasteiger partial charge in [-0.15, -0.1) is 0 Å². The zero-order valence-corrected chi connectivity index (χ0v) is 7.48. The van der Waals surface area contributed by atoms with Crippen LogP contribution in [0.1, 0.15) is 23.3 Å². The van der Waals surface area contributed by atoms with E-state index >= 15 is 0 Å². The second kappa shape index (κ2) is 3.49. The van der Waals surface area contributed by atoms with Crippen LogP contribution in [0.4, 0.5) is 0 Å². The van der Waals surface area contributed by atoms with Gasteiger partial charge in [0.2, 0.25) is 0 Å². The highest BCUT2D eigenvalue weighted by Gasteiger charge is 2.17. The fraction of sp³-hybridized carbons (Fsp3) is 0.375. The third-order valence-corrected chi connectivity index (χ3v) is 1.54. The van der Waals surface area contributed by atoms with Crippen molar-refractivity contribution in [3.8, 4) is 0 Å². The van der Waals surface area contributed by atoms with Gasteiger partial charge in [-0.3, -0.25) is 4.79 Å². The van der Waals surface area contributed by atoms with Gasteiger partial charge >= 0.3 is 5.97 Å². The van der Waals surface area contributed by atoms with E-state index in [2.05, 4.69) is 9.97 Å². The molecule has 1 atom stereocenters. The molecule has 0 amide bonds. The molecule has 1 aromatic rings. The van der Waals surface area contributed by atoms with Crippen molar-refractivity contribution >= 4 is 5.97 Å². The zero-order valence-electron chi connectivity index (χ0n) is 7.48. The SMILES string of the molecule is Cc1cc(C)nc(C(N)C(=O)O)n1. The number of carbonyl (C=O) groups is 1. The van der Waals surface area contributed by atoms with Crippen LogP contribution in [0.15, 0.2) is 6.07 Å². The summed E-state index contributed by atoms with van der Waals surface area (Å²) in [7, 11) is 0. The number of carboxylic acids is 1. The lowest BCUT2D eigenvalue weighted by Gasteiger charge is -2.06. The van der Waals surface area contributed by atoms with Crippen molar-refractivity contribution in [3.63, 3.8) is 0 Å². The number of aliphatic carboxylic acids is 1. The molecular formula is C8H11N3O2. The van der Waals surface area contributed by atoms with Crippen molar-refractivity contribution in [2.75, 3.05) is 0 Å². The summed E-state index contributed by atoms with van der Waals surface area (Å²) in [5.41, 5.74) is 6.79. The second-order valence-corrected chi connectivity index (χ2v) is 2.82. The van der Waals surface area contributed by atoms with E-state index in [0.29, 0.717) is 0 Å². The molecule has 0 aliphatic heterocycles. The lowest BCUT2D eigenvalue weighted by Crippen LogP contribution is -2.23. The Morgan fingerprint density at radius 2 is 1.92 bits per heavy atom. The van der Waals surface area contributed by atoms with Crippen molar-refractivity contribution < 1.29 is 9.90 Å². The van der Waals surface area contributed by atoms with Gasteiger partial charge in [-0.2, -0.15) is 0 Å². The van der Waals surface area contributed by atoms with Gasteiger partial charge in [0.15, 0.2) is 11.9 Å². The molecule has 5 nitrogen and oxygen atoms in total. The minimum atomic E-state index is -1.14. The van der Waals surface area contributed by atoms with E-state index in [1.165, 1.54) is 0 Å². The number of nitrogens with two attached hydrogens (primary N) is 1. The normalized spacial score (nSPS) is 12.5. The Balaban J connectivity index is 3.07. The summed E-state index contributed by atoms with van der Waals surface area (Å²) in [5.74, 6) is -0.963. The molecule has 0 radical (unpaired) electrons. The van der Waals surface area contributed by atoms with Crippen molar-refractivity contribution in [2.45, 2.75) is 19.9 Å². The molecule has 1 heterocycles. The molecule has 0 aliphatic carbocycles. The standard InChI is InChI=1S/C8H11N3O2/c1-4-3-5(2)11-7(10-4)6(9)8(12)13/h3,6H,9H2,1-2H3,(H,12,13). The van der Waals surface area contributed by atoms with Gasteiger partial charge in [0, 0.05) is 11.4 Å². The van der Waals surface area contributed by atoms with E-state index in [1.807, 2.05) is 0 Å². The molecule has 0 saturated heterocycles. The number of rotatable bonds is 2. The summed E-state index contributed by atoms with van der Waals surface area (Å²) in [4.78, 5) is 18.4. The van der Waals surface area contributed by atoms with Crippen molar-refractivity contribution in [3.05, 3.63) is 23.3 Å². The first kappa shape index (κ1) is 9.60. The molecule has 0 saturated carbocycles.